The summed E-state index contributed by atoms with van der Waals surface area (Å²) in [6.07, 6.45) is 1.12. The third-order valence-electron chi connectivity index (χ3n) is 2.69. The molecule has 0 aliphatic heterocycles. The summed E-state index contributed by atoms with van der Waals surface area (Å²) in [5.74, 6) is -0.119. The smallest absolute Gasteiger partial charge is 0.235 e. The Morgan fingerprint density at radius 2 is 1.85 bits per heavy atom. The highest BCUT2D eigenvalue weighted by Crippen LogP contribution is 2.04. The molecule has 112 valence electrons. The third-order valence-corrected chi connectivity index (χ3v) is 3.91. The molecular weight excluding hydrogens is 276 g/mol. The number of benzene rings is 1. The van der Waals surface area contributed by atoms with Gasteiger partial charge in [0, 0.05) is 13.1 Å². The zero-order chi connectivity index (χ0) is 15.2. The van der Waals surface area contributed by atoms with Crippen molar-refractivity contribution in [1.29, 1.82) is 0 Å². The van der Waals surface area contributed by atoms with Crippen molar-refractivity contribution in [3.05, 3.63) is 35.9 Å². The van der Waals surface area contributed by atoms with Gasteiger partial charge in [-0.25, -0.2) is 8.42 Å². The van der Waals surface area contributed by atoms with Crippen LogP contribution in [-0.4, -0.2) is 38.0 Å². The van der Waals surface area contributed by atoms with E-state index < -0.39 is 10.0 Å². The van der Waals surface area contributed by atoms with Gasteiger partial charge in [-0.15, -0.1) is 0 Å². The van der Waals surface area contributed by atoms with Gasteiger partial charge in [0.15, 0.2) is 0 Å². The molecule has 0 heterocycles. The van der Waals surface area contributed by atoms with E-state index in [0.29, 0.717) is 13.1 Å². The molecule has 0 spiro atoms. The molecule has 1 rings (SSSR count). The summed E-state index contributed by atoms with van der Waals surface area (Å²) >= 11 is 0. The fourth-order valence-electron chi connectivity index (χ4n) is 1.74. The van der Waals surface area contributed by atoms with Crippen LogP contribution in [0.5, 0.6) is 0 Å². The fraction of sp³-hybridized carbons (Fsp3) is 0.500. The normalized spacial score (nSPS) is 11.8. The summed E-state index contributed by atoms with van der Waals surface area (Å²) in [6.45, 7) is 4.44. The van der Waals surface area contributed by atoms with Crippen LogP contribution in [0.15, 0.2) is 30.3 Å². The van der Waals surface area contributed by atoms with E-state index in [1.807, 2.05) is 44.2 Å². The molecule has 1 amide bonds. The highest BCUT2D eigenvalue weighted by molar-refractivity contribution is 7.88. The quantitative estimate of drug-likeness (QED) is 0.823. The van der Waals surface area contributed by atoms with Gasteiger partial charge < -0.3 is 5.32 Å². The minimum atomic E-state index is -3.37. The second kappa shape index (κ2) is 7.40. The minimum absolute atomic E-state index is 0.135. The minimum Gasteiger partial charge on any atom is -0.351 e. The maximum absolute atomic E-state index is 11.8. The zero-order valence-electron chi connectivity index (χ0n) is 12.2. The molecule has 0 fully saturated rings. The van der Waals surface area contributed by atoms with E-state index in [9.17, 15) is 13.2 Å². The van der Waals surface area contributed by atoms with Crippen molar-refractivity contribution in [3.8, 4) is 0 Å². The lowest BCUT2D eigenvalue weighted by Gasteiger charge is -2.21. The van der Waals surface area contributed by atoms with Crippen LogP contribution in [0.4, 0.5) is 0 Å². The summed E-state index contributed by atoms with van der Waals surface area (Å²) in [6, 6.07) is 9.50. The molecule has 1 aromatic carbocycles. The number of amides is 1. The molecule has 5 nitrogen and oxygen atoms in total. The standard InChI is InChI=1S/C14H22N2O3S/c1-12(2)10-16(20(3,18)19)11-14(17)15-9-13-7-5-4-6-8-13/h4-8,12H,9-11H2,1-3H3,(H,15,17). The Balaban J connectivity index is 2.54. The molecule has 0 aliphatic rings. The van der Waals surface area contributed by atoms with Gasteiger partial charge >= 0.3 is 0 Å². The first-order valence-corrected chi connectivity index (χ1v) is 8.39. The Morgan fingerprint density at radius 3 is 2.35 bits per heavy atom. The van der Waals surface area contributed by atoms with Crippen molar-refractivity contribution in [2.45, 2.75) is 20.4 Å². The topological polar surface area (TPSA) is 66.5 Å². The lowest BCUT2D eigenvalue weighted by Crippen LogP contribution is -2.41. The Labute approximate surface area is 121 Å². The van der Waals surface area contributed by atoms with E-state index in [1.165, 1.54) is 4.31 Å². The molecule has 0 saturated heterocycles. The molecule has 0 bridgehead atoms. The van der Waals surface area contributed by atoms with Gasteiger partial charge in [0.2, 0.25) is 15.9 Å². The number of hydrogen-bond acceptors (Lipinski definition) is 3. The Morgan fingerprint density at radius 1 is 1.25 bits per heavy atom. The first kappa shape index (κ1) is 16.7. The molecule has 1 N–H and O–H groups in total. The van der Waals surface area contributed by atoms with E-state index in [0.717, 1.165) is 11.8 Å². The first-order valence-electron chi connectivity index (χ1n) is 6.55. The molecule has 0 unspecified atom stereocenters. The van der Waals surface area contributed by atoms with Crippen LogP contribution < -0.4 is 5.32 Å². The second-order valence-corrected chi connectivity index (χ2v) is 7.19. The number of carbonyl (C=O) groups excluding carboxylic acids is 1. The van der Waals surface area contributed by atoms with Gasteiger partial charge in [0.1, 0.15) is 0 Å². The average molecular weight is 298 g/mol. The number of nitrogens with zero attached hydrogens (tertiary/aromatic N) is 1. The highest BCUT2D eigenvalue weighted by Gasteiger charge is 2.20. The number of hydrogen-bond donors (Lipinski definition) is 1. The lowest BCUT2D eigenvalue weighted by molar-refractivity contribution is -0.121. The van der Waals surface area contributed by atoms with Gasteiger partial charge in [-0.2, -0.15) is 4.31 Å². The van der Waals surface area contributed by atoms with E-state index in [4.69, 9.17) is 0 Å². The first-order chi connectivity index (χ1) is 9.29. The highest BCUT2D eigenvalue weighted by atomic mass is 32.2. The van der Waals surface area contributed by atoms with Gasteiger partial charge in [0.05, 0.1) is 12.8 Å². The third kappa shape index (κ3) is 6.16. The lowest BCUT2D eigenvalue weighted by atomic mass is 10.2. The van der Waals surface area contributed by atoms with Crippen molar-refractivity contribution >= 4 is 15.9 Å². The molecule has 1 aromatic rings. The van der Waals surface area contributed by atoms with Crippen molar-refractivity contribution in [3.63, 3.8) is 0 Å². The molecule has 0 radical (unpaired) electrons. The predicted molar refractivity (Wildman–Crippen MR) is 79.5 cm³/mol. The predicted octanol–water partition coefficient (Wildman–Crippen LogP) is 1.22. The summed E-state index contributed by atoms with van der Waals surface area (Å²) in [5, 5.41) is 2.73. The monoisotopic (exact) mass is 298 g/mol. The van der Waals surface area contributed by atoms with Crippen LogP contribution in [0.3, 0.4) is 0 Å². The van der Waals surface area contributed by atoms with E-state index >= 15 is 0 Å². The summed E-state index contributed by atoms with van der Waals surface area (Å²) in [4.78, 5) is 11.8. The summed E-state index contributed by atoms with van der Waals surface area (Å²) in [7, 11) is -3.37. The Hall–Kier alpha value is -1.40. The van der Waals surface area contributed by atoms with Crippen molar-refractivity contribution in [1.82, 2.24) is 9.62 Å². The van der Waals surface area contributed by atoms with Crippen LogP contribution in [0.2, 0.25) is 0 Å². The maximum Gasteiger partial charge on any atom is 0.235 e. The maximum atomic E-state index is 11.8. The molecule has 0 aromatic heterocycles. The second-order valence-electron chi connectivity index (χ2n) is 5.21. The molecular formula is C14H22N2O3S. The molecule has 0 saturated carbocycles. The van der Waals surface area contributed by atoms with Crippen molar-refractivity contribution in [2.24, 2.45) is 5.92 Å². The zero-order valence-corrected chi connectivity index (χ0v) is 13.0. The van der Waals surface area contributed by atoms with Gasteiger partial charge in [0.25, 0.3) is 0 Å². The largest absolute Gasteiger partial charge is 0.351 e. The van der Waals surface area contributed by atoms with Crippen LogP contribution in [-0.2, 0) is 21.4 Å². The molecule has 0 aliphatic carbocycles. The van der Waals surface area contributed by atoms with Crippen molar-refractivity contribution in [2.75, 3.05) is 19.3 Å². The van der Waals surface area contributed by atoms with Gasteiger partial charge in [-0.05, 0) is 11.5 Å². The Bertz CT molecular complexity index is 527. The molecule has 6 heteroatoms. The summed E-state index contributed by atoms with van der Waals surface area (Å²) in [5.41, 5.74) is 0.982. The number of carbonyl (C=O) groups is 1. The molecule has 20 heavy (non-hydrogen) atoms. The van der Waals surface area contributed by atoms with Crippen LogP contribution in [0, 0.1) is 5.92 Å². The van der Waals surface area contributed by atoms with Crippen molar-refractivity contribution < 1.29 is 13.2 Å². The number of nitrogens with one attached hydrogen (secondary N) is 1. The SMILES string of the molecule is CC(C)CN(CC(=O)NCc1ccccc1)S(C)(=O)=O. The number of rotatable bonds is 7. The van der Waals surface area contributed by atoms with E-state index in [-0.39, 0.29) is 18.4 Å². The van der Waals surface area contributed by atoms with Gasteiger partial charge in [-0.1, -0.05) is 44.2 Å². The average Bonchev–Trinajstić information content (AvgIpc) is 2.35. The van der Waals surface area contributed by atoms with E-state index in [1.54, 1.807) is 0 Å². The van der Waals surface area contributed by atoms with Crippen LogP contribution >= 0.6 is 0 Å². The summed E-state index contributed by atoms with van der Waals surface area (Å²) < 4.78 is 24.5. The Kier molecular flexibility index (Phi) is 6.16. The molecule has 0 atom stereocenters. The van der Waals surface area contributed by atoms with Crippen LogP contribution in [0.1, 0.15) is 19.4 Å². The van der Waals surface area contributed by atoms with Crippen LogP contribution in [0.25, 0.3) is 0 Å². The van der Waals surface area contributed by atoms with E-state index in [2.05, 4.69) is 5.32 Å². The van der Waals surface area contributed by atoms with Gasteiger partial charge in [-0.3, -0.25) is 4.79 Å². The number of sulfonamides is 1. The fourth-order valence-corrected chi connectivity index (χ4v) is 2.66.